The SMILES string of the molecule is CCn1c(CN(CCC(C)C)C(=O)c2ccccc2C)nc2ccc(Cl)cc21. The molecule has 0 saturated heterocycles. The average molecular weight is 398 g/mol. The summed E-state index contributed by atoms with van der Waals surface area (Å²) >= 11 is 6.19. The first-order valence-electron chi connectivity index (χ1n) is 9.90. The number of imidazole rings is 1. The lowest BCUT2D eigenvalue weighted by atomic mass is 10.1. The first kappa shape index (κ1) is 20.4. The zero-order valence-electron chi connectivity index (χ0n) is 17.1. The Balaban J connectivity index is 1.96. The fourth-order valence-electron chi connectivity index (χ4n) is 3.44. The van der Waals surface area contributed by atoms with Crippen molar-refractivity contribution in [1.82, 2.24) is 14.5 Å². The molecule has 0 aliphatic rings. The number of halogens is 1. The molecule has 2 aromatic carbocycles. The molecule has 148 valence electrons. The van der Waals surface area contributed by atoms with Crippen molar-refractivity contribution in [2.75, 3.05) is 6.54 Å². The molecule has 0 bridgehead atoms. The second-order valence-electron chi connectivity index (χ2n) is 7.63. The molecule has 0 unspecified atom stereocenters. The zero-order valence-corrected chi connectivity index (χ0v) is 17.8. The number of fused-ring (bicyclic) bond motifs is 1. The summed E-state index contributed by atoms with van der Waals surface area (Å²) in [7, 11) is 0. The number of benzene rings is 2. The fraction of sp³-hybridized carbons (Fsp3) is 0.391. The van der Waals surface area contributed by atoms with Crippen LogP contribution in [-0.4, -0.2) is 26.9 Å². The van der Waals surface area contributed by atoms with Crippen molar-refractivity contribution in [3.8, 4) is 0 Å². The van der Waals surface area contributed by atoms with Crippen molar-refractivity contribution in [3.05, 3.63) is 64.4 Å². The summed E-state index contributed by atoms with van der Waals surface area (Å²) in [4.78, 5) is 20.0. The van der Waals surface area contributed by atoms with Crippen molar-refractivity contribution < 1.29 is 4.79 Å². The maximum absolute atomic E-state index is 13.3. The number of nitrogens with zero attached hydrogens (tertiary/aromatic N) is 3. The van der Waals surface area contributed by atoms with Gasteiger partial charge in [0.2, 0.25) is 0 Å². The van der Waals surface area contributed by atoms with Crippen LogP contribution in [0.15, 0.2) is 42.5 Å². The molecule has 0 N–H and O–H groups in total. The Morgan fingerprint density at radius 1 is 1.21 bits per heavy atom. The Morgan fingerprint density at radius 2 is 1.96 bits per heavy atom. The molecule has 28 heavy (non-hydrogen) atoms. The van der Waals surface area contributed by atoms with Gasteiger partial charge < -0.3 is 9.47 Å². The van der Waals surface area contributed by atoms with Crippen LogP contribution < -0.4 is 0 Å². The molecule has 0 saturated carbocycles. The number of hydrogen-bond donors (Lipinski definition) is 0. The molecule has 0 aliphatic carbocycles. The monoisotopic (exact) mass is 397 g/mol. The molecule has 3 rings (SSSR count). The van der Waals surface area contributed by atoms with Gasteiger partial charge in [-0.3, -0.25) is 4.79 Å². The number of hydrogen-bond acceptors (Lipinski definition) is 2. The number of aromatic nitrogens is 2. The highest BCUT2D eigenvalue weighted by molar-refractivity contribution is 6.31. The van der Waals surface area contributed by atoms with Gasteiger partial charge in [-0.15, -0.1) is 0 Å². The minimum Gasteiger partial charge on any atom is -0.331 e. The van der Waals surface area contributed by atoms with Crippen molar-refractivity contribution >= 4 is 28.5 Å². The largest absolute Gasteiger partial charge is 0.331 e. The lowest BCUT2D eigenvalue weighted by Crippen LogP contribution is -2.33. The fourth-order valence-corrected chi connectivity index (χ4v) is 3.61. The van der Waals surface area contributed by atoms with Gasteiger partial charge in [-0.05, 0) is 56.0 Å². The number of carbonyl (C=O) groups is 1. The molecule has 3 aromatic rings. The first-order chi connectivity index (χ1) is 13.4. The number of rotatable bonds is 7. The summed E-state index contributed by atoms with van der Waals surface area (Å²) in [6.07, 6.45) is 0.954. The van der Waals surface area contributed by atoms with Gasteiger partial charge in [-0.25, -0.2) is 4.98 Å². The number of carbonyl (C=O) groups excluding carboxylic acids is 1. The maximum atomic E-state index is 13.3. The number of aryl methyl sites for hydroxylation is 2. The Hall–Kier alpha value is -2.33. The van der Waals surface area contributed by atoms with Gasteiger partial charge in [0.15, 0.2) is 0 Å². The van der Waals surface area contributed by atoms with Crippen molar-refractivity contribution in [2.45, 2.75) is 47.2 Å². The van der Waals surface area contributed by atoms with E-state index in [1.54, 1.807) is 0 Å². The summed E-state index contributed by atoms with van der Waals surface area (Å²) in [5.74, 6) is 1.48. The Kier molecular flexibility index (Phi) is 6.40. The third-order valence-corrected chi connectivity index (χ3v) is 5.31. The summed E-state index contributed by atoms with van der Waals surface area (Å²) in [6.45, 7) is 10.4. The molecule has 0 radical (unpaired) electrons. The summed E-state index contributed by atoms with van der Waals surface area (Å²) in [6, 6.07) is 13.5. The minimum atomic E-state index is 0.0616. The van der Waals surface area contributed by atoms with Crippen LogP contribution in [0.5, 0.6) is 0 Å². The van der Waals surface area contributed by atoms with Crippen molar-refractivity contribution in [2.24, 2.45) is 5.92 Å². The van der Waals surface area contributed by atoms with E-state index < -0.39 is 0 Å². The smallest absolute Gasteiger partial charge is 0.254 e. The minimum absolute atomic E-state index is 0.0616. The van der Waals surface area contributed by atoms with Crippen LogP contribution in [0.2, 0.25) is 5.02 Å². The van der Waals surface area contributed by atoms with E-state index in [1.807, 2.05) is 54.3 Å². The van der Waals surface area contributed by atoms with Crippen LogP contribution in [0.1, 0.15) is 48.9 Å². The second kappa shape index (κ2) is 8.78. The molecule has 0 aliphatic heterocycles. The van der Waals surface area contributed by atoms with E-state index >= 15 is 0 Å². The third kappa shape index (κ3) is 4.39. The highest BCUT2D eigenvalue weighted by Gasteiger charge is 2.21. The van der Waals surface area contributed by atoms with Crippen LogP contribution in [-0.2, 0) is 13.1 Å². The molecule has 0 fully saturated rings. The van der Waals surface area contributed by atoms with Gasteiger partial charge >= 0.3 is 0 Å². The third-order valence-electron chi connectivity index (χ3n) is 5.08. The average Bonchev–Trinajstić information content (AvgIpc) is 3.01. The van der Waals surface area contributed by atoms with Crippen molar-refractivity contribution in [1.29, 1.82) is 0 Å². The molecule has 1 aromatic heterocycles. The topological polar surface area (TPSA) is 38.1 Å². The van der Waals surface area contributed by atoms with E-state index in [0.29, 0.717) is 24.0 Å². The van der Waals surface area contributed by atoms with E-state index in [-0.39, 0.29) is 5.91 Å². The normalized spacial score (nSPS) is 11.4. The van der Waals surface area contributed by atoms with Gasteiger partial charge in [0.05, 0.1) is 17.6 Å². The van der Waals surface area contributed by atoms with Crippen LogP contribution in [0.4, 0.5) is 0 Å². The molecule has 5 heteroatoms. The van der Waals surface area contributed by atoms with Gasteiger partial charge in [-0.1, -0.05) is 43.6 Å². The molecule has 0 spiro atoms. The Bertz CT molecular complexity index is 977. The van der Waals surface area contributed by atoms with Crippen LogP contribution in [0.25, 0.3) is 11.0 Å². The molecule has 0 atom stereocenters. The summed E-state index contributed by atoms with van der Waals surface area (Å²) in [5.41, 5.74) is 3.68. The van der Waals surface area contributed by atoms with Gasteiger partial charge in [-0.2, -0.15) is 0 Å². The lowest BCUT2D eigenvalue weighted by molar-refractivity contribution is 0.0728. The van der Waals surface area contributed by atoms with Crippen molar-refractivity contribution in [3.63, 3.8) is 0 Å². The lowest BCUT2D eigenvalue weighted by Gasteiger charge is -2.24. The molecule has 1 heterocycles. The molecular weight excluding hydrogens is 370 g/mol. The highest BCUT2D eigenvalue weighted by atomic mass is 35.5. The van der Waals surface area contributed by atoms with Crippen LogP contribution in [0.3, 0.4) is 0 Å². The van der Waals surface area contributed by atoms with Gasteiger partial charge in [0.1, 0.15) is 5.82 Å². The highest BCUT2D eigenvalue weighted by Crippen LogP contribution is 2.23. The van der Waals surface area contributed by atoms with Gasteiger partial charge in [0.25, 0.3) is 5.91 Å². The first-order valence-corrected chi connectivity index (χ1v) is 10.3. The standard InChI is InChI=1S/C23H28ClN3O/c1-5-27-21-14-18(24)10-11-20(21)25-22(27)15-26(13-12-16(2)3)23(28)19-9-7-6-8-17(19)4/h6-11,14,16H,5,12-13,15H2,1-4H3. The molecule has 1 amide bonds. The molecular formula is C23H28ClN3O. The predicted molar refractivity (Wildman–Crippen MR) is 116 cm³/mol. The van der Waals surface area contributed by atoms with E-state index in [9.17, 15) is 4.79 Å². The van der Waals surface area contributed by atoms with E-state index in [4.69, 9.17) is 16.6 Å². The van der Waals surface area contributed by atoms with Gasteiger partial charge in [0, 0.05) is 23.7 Å². The van der Waals surface area contributed by atoms with Crippen LogP contribution >= 0.6 is 11.6 Å². The Labute approximate surface area is 172 Å². The number of amides is 1. The summed E-state index contributed by atoms with van der Waals surface area (Å²) < 4.78 is 2.15. The zero-order chi connectivity index (χ0) is 20.3. The van der Waals surface area contributed by atoms with Crippen LogP contribution in [0, 0.1) is 12.8 Å². The predicted octanol–water partition coefficient (Wildman–Crippen LogP) is 5.71. The maximum Gasteiger partial charge on any atom is 0.254 e. The Morgan fingerprint density at radius 3 is 2.64 bits per heavy atom. The van der Waals surface area contributed by atoms with E-state index in [2.05, 4.69) is 25.3 Å². The molecule has 4 nitrogen and oxygen atoms in total. The second-order valence-corrected chi connectivity index (χ2v) is 8.07. The van der Waals surface area contributed by atoms with E-state index in [0.717, 1.165) is 41.0 Å². The van der Waals surface area contributed by atoms with E-state index in [1.165, 1.54) is 0 Å². The summed E-state index contributed by atoms with van der Waals surface area (Å²) in [5, 5.41) is 0.696. The quantitative estimate of drug-likeness (QED) is 0.512.